The van der Waals surface area contributed by atoms with Crippen LogP contribution in [0.25, 0.3) is 0 Å². The van der Waals surface area contributed by atoms with Crippen LogP contribution in [0.2, 0.25) is 0 Å². The van der Waals surface area contributed by atoms with Crippen LogP contribution in [0.4, 0.5) is 5.69 Å². The summed E-state index contributed by atoms with van der Waals surface area (Å²) in [6.45, 7) is 1.18. The van der Waals surface area contributed by atoms with Gasteiger partial charge in [0.1, 0.15) is 5.60 Å². The van der Waals surface area contributed by atoms with Gasteiger partial charge in [-0.2, -0.15) is 0 Å². The van der Waals surface area contributed by atoms with Crippen LogP contribution >= 0.6 is 0 Å². The van der Waals surface area contributed by atoms with E-state index in [1.165, 1.54) is 0 Å². The van der Waals surface area contributed by atoms with Gasteiger partial charge in [0.15, 0.2) is 0 Å². The van der Waals surface area contributed by atoms with E-state index < -0.39 is 5.60 Å². The molecule has 2 aliphatic rings. The lowest BCUT2D eigenvalue weighted by Crippen LogP contribution is -2.44. The molecule has 23 heavy (non-hydrogen) atoms. The van der Waals surface area contributed by atoms with Crippen LogP contribution in [0.15, 0.2) is 24.3 Å². The van der Waals surface area contributed by atoms with E-state index in [1.807, 2.05) is 29.2 Å². The number of piperidine rings is 1. The van der Waals surface area contributed by atoms with Crippen molar-refractivity contribution in [2.45, 2.75) is 57.1 Å². The number of hydrogen-bond donors (Lipinski definition) is 2. The standard InChI is InChI=1S/C18H24N2O3/c21-16-5-1-4-12-20(16)15-8-6-14(7-9-15)13-19-17(22)18(23)10-2-3-11-18/h6-9,23H,1-5,10-13H2,(H,19,22). The van der Waals surface area contributed by atoms with Gasteiger partial charge in [0.25, 0.3) is 5.91 Å². The Bertz CT molecular complexity index is 576. The Morgan fingerprint density at radius 1 is 1.13 bits per heavy atom. The summed E-state index contributed by atoms with van der Waals surface area (Å²) in [7, 11) is 0. The van der Waals surface area contributed by atoms with Crippen molar-refractivity contribution in [2.75, 3.05) is 11.4 Å². The Morgan fingerprint density at radius 3 is 2.48 bits per heavy atom. The van der Waals surface area contributed by atoms with E-state index in [4.69, 9.17) is 0 Å². The Kier molecular flexibility index (Phi) is 4.66. The lowest BCUT2D eigenvalue weighted by atomic mass is 10.0. The lowest BCUT2D eigenvalue weighted by Gasteiger charge is -2.27. The normalized spacial score (nSPS) is 20.6. The third kappa shape index (κ3) is 3.55. The fraction of sp³-hybridized carbons (Fsp3) is 0.556. The van der Waals surface area contributed by atoms with Crippen LogP contribution in [0.1, 0.15) is 50.5 Å². The zero-order valence-corrected chi connectivity index (χ0v) is 13.4. The van der Waals surface area contributed by atoms with Crippen LogP contribution in [0.5, 0.6) is 0 Å². The minimum atomic E-state index is -1.18. The summed E-state index contributed by atoms with van der Waals surface area (Å²) >= 11 is 0. The van der Waals surface area contributed by atoms with Gasteiger partial charge in [-0.05, 0) is 56.2 Å². The van der Waals surface area contributed by atoms with Gasteiger partial charge in [0, 0.05) is 25.2 Å². The highest BCUT2D eigenvalue weighted by Gasteiger charge is 2.38. The van der Waals surface area contributed by atoms with Gasteiger partial charge in [-0.1, -0.05) is 12.1 Å². The van der Waals surface area contributed by atoms with E-state index in [0.717, 1.165) is 43.5 Å². The summed E-state index contributed by atoms with van der Waals surface area (Å²) in [5.74, 6) is -0.0916. The predicted molar refractivity (Wildman–Crippen MR) is 87.9 cm³/mol. The highest BCUT2D eigenvalue weighted by molar-refractivity contribution is 5.94. The quantitative estimate of drug-likeness (QED) is 0.894. The molecule has 0 atom stereocenters. The molecule has 2 fully saturated rings. The second kappa shape index (κ2) is 6.71. The first kappa shape index (κ1) is 16.0. The molecule has 0 unspecified atom stereocenters. The van der Waals surface area contributed by atoms with E-state index in [2.05, 4.69) is 5.32 Å². The molecule has 0 spiro atoms. The van der Waals surface area contributed by atoms with Gasteiger partial charge < -0.3 is 15.3 Å². The van der Waals surface area contributed by atoms with Crippen LogP contribution in [0, 0.1) is 0 Å². The zero-order chi connectivity index (χ0) is 16.3. The molecule has 1 aromatic rings. The number of hydrogen-bond acceptors (Lipinski definition) is 3. The number of aliphatic hydroxyl groups is 1. The molecule has 0 bridgehead atoms. The molecule has 124 valence electrons. The van der Waals surface area contributed by atoms with Gasteiger partial charge >= 0.3 is 0 Å². The van der Waals surface area contributed by atoms with Crippen molar-refractivity contribution in [2.24, 2.45) is 0 Å². The maximum absolute atomic E-state index is 12.1. The van der Waals surface area contributed by atoms with E-state index >= 15 is 0 Å². The first-order valence-corrected chi connectivity index (χ1v) is 8.48. The molecule has 2 amide bonds. The molecule has 1 heterocycles. The average Bonchev–Trinajstić information content (AvgIpc) is 3.02. The Hall–Kier alpha value is -1.88. The van der Waals surface area contributed by atoms with Crippen molar-refractivity contribution in [3.63, 3.8) is 0 Å². The van der Waals surface area contributed by atoms with Gasteiger partial charge in [0.05, 0.1) is 0 Å². The van der Waals surface area contributed by atoms with E-state index in [-0.39, 0.29) is 11.8 Å². The number of benzene rings is 1. The first-order valence-electron chi connectivity index (χ1n) is 8.48. The molecule has 1 aliphatic heterocycles. The Labute approximate surface area is 136 Å². The maximum atomic E-state index is 12.1. The first-order chi connectivity index (χ1) is 11.1. The lowest BCUT2D eigenvalue weighted by molar-refractivity contribution is -0.139. The minimum Gasteiger partial charge on any atom is -0.380 e. The van der Waals surface area contributed by atoms with E-state index in [0.29, 0.717) is 25.8 Å². The van der Waals surface area contributed by atoms with E-state index in [1.54, 1.807) is 0 Å². The Morgan fingerprint density at radius 2 is 1.83 bits per heavy atom. The monoisotopic (exact) mass is 316 g/mol. The summed E-state index contributed by atoms with van der Waals surface area (Å²) in [6.07, 6.45) is 5.55. The maximum Gasteiger partial charge on any atom is 0.252 e. The second-order valence-electron chi connectivity index (χ2n) is 6.59. The van der Waals surface area contributed by atoms with Crippen molar-refractivity contribution in [1.29, 1.82) is 0 Å². The number of carbonyl (C=O) groups excluding carboxylic acids is 2. The van der Waals surface area contributed by atoms with Crippen molar-refractivity contribution < 1.29 is 14.7 Å². The number of amides is 2. The van der Waals surface area contributed by atoms with Gasteiger partial charge in [-0.3, -0.25) is 9.59 Å². The fourth-order valence-corrected chi connectivity index (χ4v) is 3.41. The number of nitrogens with one attached hydrogen (secondary N) is 1. The summed E-state index contributed by atoms with van der Waals surface area (Å²) in [4.78, 5) is 25.8. The van der Waals surface area contributed by atoms with Gasteiger partial charge in [-0.15, -0.1) is 0 Å². The number of nitrogens with zero attached hydrogens (tertiary/aromatic N) is 1. The van der Waals surface area contributed by atoms with E-state index in [9.17, 15) is 14.7 Å². The van der Waals surface area contributed by atoms with Gasteiger partial charge in [-0.25, -0.2) is 0 Å². The molecule has 2 N–H and O–H groups in total. The predicted octanol–water partition coefficient (Wildman–Crippen LogP) is 2.12. The van der Waals surface area contributed by atoms with Crippen LogP contribution in [-0.2, 0) is 16.1 Å². The second-order valence-corrected chi connectivity index (χ2v) is 6.59. The van der Waals surface area contributed by atoms with Crippen LogP contribution < -0.4 is 10.2 Å². The molecule has 0 aromatic heterocycles. The van der Waals surface area contributed by atoms with Crippen LogP contribution in [-0.4, -0.2) is 29.1 Å². The van der Waals surface area contributed by atoms with Gasteiger partial charge in [0.2, 0.25) is 5.91 Å². The topological polar surface area (TPSA) is 69.6 Å². The SMILES string of the molecule is O=C1CCCCN1c1ccc(CNC(=O)C2(O)CCCC2)cc1. The molecule has 1 saturated carbocycles. The van der Waals surface area contributed by atoms with Crippen molar-refractivity contribution >= 4 is 17.5 Å². The summed E-state index contributed by atoms with van der Waals surface area (Å²) < 4.78 is 0. The fourth-order valence-electron chi connectivity index (χ4n) is 3.41. The summed E-state index contributed by atoms with van der Waals surface area (Å²) in [5, 5.41) is 13.0. The zero-order valence-electron chi connectivity index (χ0n) is 13.4. The smallest absolute Gasteiger partial charge is 0.252 e. The molecule has 1 aliphatic carbocycles. The van der Waals surface area contributed by atoms with Crippen molar-refractivity contribution in [1.82, 2.24) is 5.32 Å². The molecule has 3 rings (SSSR count). The molecule has 5 nitrogen and oxygen atoms in total. The molecule has 5 heteroatoms. The number of anilines is 1. The summed E-state index contributed by atoms with van der Waals surface area (Å²) in [6, 6.07) is 7.70. The van der Waals surface area contributed by atoms with Crippen LogP contribution in [0.3, 0.4) is 0 Å². The highest BCUT2D eigenvalue weighted by Crippen LogP contribution is 2.29. The number of rotatable bonds is 4. The largest absolute Gasteiger partial charge is 0.380 e. The molecular weight excluding hydrogens is 292 g/mol. The summed E-state index contributed by atoms with van der Waals surface area (Å²) in [5.41, 5.74) is 0.701. The highest BCUT2D eigenvalue weighted by atomic mass is 16.3. The van der Waals surface area contributed by atoms with Crippen molar-refractivity contribution in [3.05, 3.63) is 29.8 Å². The third-order valence-electron chi connectivity index (χ3n) is 4.88. The molecule has 1 saturated heterocycles. The molecular formula is C18H24N2O3. The third-order valence-corrected chi connectivity index (χ3v) is 4.88. The van der Waals surface area contributed by atoms with Crippen molar-refractivity contribution in [3.8, 4) is 0 Å². The molecule has 0 radical (unpaired) electrons. The molecule has 1 aromatic carbocycles. The average molecular weight is 316 g/mol. The Balaban J connectivity index is 1.57. The minimum absolute atomic E-state index is 0.181. The number of carbonyl (C=O) groups is 2.